The van der Waals surface area contributed by atoms with Crippen LogP contribution in [0.1, 0.15) is 22.3 Å². The second kappa shape index (κ2) is 12.5. The molecule has 1 aliphatic heterocycles. The Kier molecular flexibility index (Phi) is 7.37. The van der Waals surface area contributed by atoms with E-state index in [1.165, 1.54) is 5.56 Å². The predicted octanol–water partition coefficient (Wildman–Crippen LogP) is 11.6. The maximum atomic E-state index is 6.54. The number of hydrogen-bond donors (Lipinski definition) is 0. The van der Waals surface area contributed by atoms with Crippen molar-refractivity contribution < 1.29 is 4.74 Å². The molecule has 9 rings (SSSR count). The topological polar surface area (TPSA) is 35.0 Å². The van der Waals surface area contributed by atoms with Crippen molar-refractivity contribution in [3.05, 3.63) is 216 Å². The number of nitrogens with zero attached hydrogens (tertiary/aromatic N) is 2. The SMILES string of the molecule is c1ccc(-c2cccc(-c3cc(-c4ccccc4)nc(-c4cccc(C5(c6ccccc6)c6ccccc6Oc6ccccc65)c4)n3)c2)cc1. The maximum absolute atomic E-state index is 6.54. The minimum Gasteiger partial charge on any atom is -0.457 e. The molecular weight excluding hydrogens is 609 g/mol. The second-order valence-corrected chi connectivity index (χ2v) is 12.6. The fourth-order valence-electron chi connectivity index (χ4n) is 7.33. The zero-order valence-corrected chi connectivity index (χ0v) is 27.3. The first-order valence-electron chi connectivity index (χ1n) is 16.9. The Morgan fingerprint density at radius 2 is 0.820 bits per heavy atom. The van der Waals surface area contributed by atoms with Gasteiger partial charge in [-0.25, -0.2) is 9.97 Å². The van der Waals surface area contributed by atoms with Crippen LogP contribution in [-0.2, 0) is 5.41 Å². The highest BCUT2D eigenvalue weighted by Crippen LogP contribution is 2.55. The normalized spacial score (nSPS) is 12.7. The number of aromatic nitrogens is 2. The molecule has 0 N–H and O–H groups in total. The van der Waals surface area contributed by atoms with Gasteiger partial charge in [-0.1, -0.05) is 164 Å². The summed E-state index contributed by atoms with van der Waals surface area (Å²) in [4.78, 5) is 10.5. The van der Waals surface area contributed by atoms with Crippen molar-refractivity contribution >= 4 is 0 Å². The van der Waals surface area contributed by atoms with E-state index in [-0.39, 0.29) is 0 Å². The van der Waals surface area contributed by atoms with Gasteiger partial charge in [-0.3, -0.25) is 0 Å². The Morgan fingerprint density at radius 3 is 1.50 bits per heavy atom. The minimum atomic E-state index is -0.632. The molecule has 236 valence electrons. The second-order valence-electron chi connectivity index (χ2n) is 12.6. The minimum absolute atomic E-state index is 0.632. The first-order chi connectivity index (χ1) is 24.8. The van der Waals surface area contributed by atoms with Crippen LogP contribution in [0.5, 0.6) is 11.5 Å². The zero-order chi connectivity index (χ0) is 33.3. The first kappa shape index (κ1) is 29.6. The molecule has 0 amide bonds. The van der Waals surface area contributed by atoms with E-state index in [0.717, 1.165) is 67.4 Å². The van der Waals surface area contributed by atoms with Gasteiger partial charge in [-0.15, -0.1) is 0 Å². The van der Waals surface area contributed by atoms with Crippen molar-refractivity contribution in [1.29, 1.82) is 0 Å². The lowest BCUT2D eigenvalue weighted by Gasteiger charge is -2.41. The van der Waals surface area contributed by atoms with Gasteiger partial charge in [0.25, 0.3) is 0 Å². The molecule has 0 saturated heterocycles. The summed E-state index contributed by atoms with van der Waals surface area (Å²) < 4.78 is 6.54. The third kappa shape index (κ3) is 5.08. The molecule has 8 aromatic rings. The Balaban J connectivity index is 1.27. The lowest BCUT2D eigenvalue weighted by molar-refractivity contribution is 0.434. The lowest BCUT2D eigenvalue weighted by atomic mass is 9.63. The summed E-state index contributed by atoms with van der Waals surface area (Å²) in [5.74, 6) is 2.37. The number of benzene rings is 7. The molecule has 2 heterocycles. The van der Waals surface area contributed by atoms with Crippen LogP contribution in [0.4, 0.5) is 0 Å². The quantitative estimate of drug-likeness (QED) is 0.181. The van der Waals surface area contributed by atoms with E-state index in [0.29, 0.717) is 5.82 Å². The molecular formula is C47H32N2O. The van der Waals surface area contributed by atoms with Gasteiger partial charge < -0.3 is 4.74 Å². The average Bonchev–Trinajstić information content (AvgIpc) is 3.21. The molecule has 3 heteroatoms. The van der Waals surface area contributed by atoms with Gasteiger partial charge in [0.1, 0.15) is 11.5 Å². The van der Waals surface area contributed by atoms with Gasteiger partial charge in [-0.05, 0) is 52.6 Å². The van der Waals surface area contributed by atoms with Crippen molar-refractivity contribution in [2.75, 3.05) is 0 Å². The van der Waals surface area contributed by atoms with Crippen molar-refractivity contribution in [3.63, 3.8) is 0 Å². The van der Waals surface area contributed by atoms with Crippen LogP contribution >= 0.6 is 0 Å². The highest BCUT2D eigenvalue weighted by Gasteiger charge is 2.45. The molecule has 0 aliphatic carbocycles. The molecule has 0 bridgehead atoms. The number of para-hydroxylation sites is 2. The average molecular weight is 641 g/mol. The molecule has 3 nitrogen and oxygen atoms in total. The van der Waals surface area contributed by atoms with Gasteiger partial charge in [-0.2, -0.15) is 0 Å². The third-order valence-corrected chi connectivity index (χ3v) is 9.62. The van der Waals surface area contributed by atoms with Crippen LogP contribution in [0.15, 0.2) is 194 Å². The smallest absolute Gasteiger partial charge is 0.160 e. The molecule has 0 fully saturated rings. The van der Waals surface area contributed by atoms with Gasteiger partial charge in [0.15, 0.2) is 5.82 Å². The summed E-state index contributed by atoms with van der Waals surface area (Å²) in [5.41, 5.74) is 10.9. The van der Waals surface area contributed by atoms with Gasteiger partial charge in [0.05, 0.1) is 16.8 Å². The molecule has 0 saturated carbocycles. The maximum Gasteiger partial charge on any atom is 0.160 e. The monoisotopic (exact) mass is 640 g/mol. The Labute approximate surface area is 292 Å². The summed E-state index contributed by atoms with van der Waals surface area (Å²) >= 11 is 0. The van der Waals surface area contributed by atoms with Gasteiger partial charge in [0, 0.05) is 27.8 Å². The van der Waals surface area contributed by atoms with Gasteiger partial charge >= 0.3 is 0 Å². The summed E-state index contributed by atoms with van der Waals surface area (Å²) in [7, 11) is 0. The first-order valence-corrected chi connectivity index (χ1v) is 16.9. The Bertz CT molecular complexity index is 2410. The third-order valence-electron chi connectivity index (χ3n) is 9.62. The molecule has 0 atom stereocenters. The standard InChI is InChI=1S/C47H32N2O/c1-4-16-33(17-5-1)35-20-14-21-36(30-35)43-32-42(34-18-6-2-7-19-34)48-46(49-43)37-22-15-25-39(31-37)47(38-23-8-3-9-24-38)40-26-10-12-28-44(40)50-45-29-13-11-27-41(45)47/h1-32H. The summed E-state index contributed by atoms with van der Waals surface area (Å²) in [5, 5.41) is 0. The molecule has 0 spiro atoms. The van der Waals surface area contributed by atoms with E-state index in [4.69, 9.17) is 14.7 Å². The lowest BCUT2D eigenvalue weighted by Crippen LogP contribution is -2.34. The fraction of sp³-hybridized carbons (Fsp3) is 0.0213. The predicted molar refractivity (Wildman–Crippen MR) is 202 cm³/mol. The van der Waals surface area contributed by atoms with Crippen LogP contribution < -0.4 is 4.74 Å². The fourth-order valence-corrected chi connectivity index (χ4v) is 7.33. The number of hydrogen-bond acceptors (Lipinski definition) is 3. The highest BCUT2D eigenvalue weighted by atomic mass is 16.5. The van der Waals surface area contributed by atoms with E-state index >= 15 is 0 Å². The Hall–Kier alpha value is -6.58. The van der Waals surface area contributed by atoms with Crippen molar-refractivity contribution in [3.8, 4) is 56.5 Å². The van der Waals surface area contributed by atoms with Crippen molar-refractivity contribution in [2.45, 2.75) is 5.41 Å². The highest BCUT2D eigenvalue weighted by molar-refractivity contribution is 5.77. The van der Waals surface area contributed by atoms with E-state index in [9.17, 15) is 0 Å². The molecule has 0 radical (unpaired) electrons. The van der Waals surface area contributed by atoms with E-state index < -0.39 is 5.41 Å². The molecule has 50 heavy (non-hydrogen) atoms. The summed E-state index contributed by atoms with van der Waals surface area (Å²) in [6.07, 6.45) is 0. The van der Waals surface area contributed by atoms with Crippen LogP contribution in [-0.4, -0.2) is 9.97 Å². The molecule has 0 unspecified atom stereocenters. The zero-order valence-electron chi connectivity index (χ0n) is 27.3. The number of fused-ring (bicyclic) bond motifs is 2. The Morgan fingerprint density at radius 1 is 0.340 bits per heavy atom. The van der Waals surface area contributed by atoms with Crippen LogP contribution in [0, 0.1) is 0 Å². The van der Waals surface area contributed by atoms with Crippen molar-refractivity contribution in [2.24, 2.45) is 0 Å². The number of ether oxygens (including phenoxy) is 1. The summed E-state index contributed by atoms with van der Waals surface area (Å²) in [6.45, 7) is 0. The van der Waals surface area contributed by atoms with Crippen molar-refractivity contribution in [1.82, 2.24) is 9.97 Å². The number of rotatable bonds is 6. The van der Waals surface area contributed by atoms with Crippen LogP contribution in [0.2, 0.25) is 0 Å². The summed E-state index contributed by atoms with van der Waals surface area (Å²) in [6, 6.07) is 67.8. The van der Waals surface area contributed by atoms with E-state index in [1.54, 1.807) is 0 Å². The van der Waals surface area contributed by atoms with E-state index in [1.807, 2.05) is 24.3 Å². The van der Waals surface area contributed by atoms with E-state index in [2.05, 4.69) is 170 Å². The van der Waals surface area contributed by atoms with Gasteiger partial charge in [0.2, 0.25) is 0 Å². The van der Waals surface area contributed by atoms with Crippen LogP contribution in [0.25, 0.3) is 45.0 Å². The molecule has 7 aromatic carbocycles. The molecule has 1 aliphatic rings. The van der Waals surface area contributed by atoms with Crippen LogP contribution in [0.3, 0.4) is 0 Å². The largest absolute Gasteiger partial charge is 0.457 e. The molecule has 1 aromatic heterocycles.